The molecule has 2 bridgehead atoms. The van der Waals surface area contributed by atoms with Crippen LogP contribution in [0.1, 0.15) is 30.1 Å². The van der Waals surface area contributed by atoms with Crippen molar-refractivity contribution in [2.24, 2.45) is 7.05 Å². The molecule has 2 unspecified atom stereocenters. The van der Waals surface area contributed by atoms with Gasteiger partial charge in [0.1, 0.15) is 0 Å². The number of rotatable bonds is 2. The third-order valence-electron chi connectivity index (χ3n) is 5.95. The summed E-state index contributed by atoms with van der Waals surface area (Å²) in [6.07, 6.45) is 3.27. The molecule has 0 aliphatic carbocycles. The van der Waals surface area contributed by atoms with Gasteiger partial charge in [-0.25, -0.2) is 13.3 Å². The van der Waals surface area contributed by atoms with Gasteiger partial charge in [0.15, 0.2) is 5.69 Å². The number of sulfone groups is 1. The Morgan fingerprint density at radius 3 is 2.59 bits per heavy atom. The zero-order valence-electron chi connectivity index (χ0n) is 14.9. The van der Waals surface area contributed by atoms with Crippen LogP contribution in [0.4, 0.5) is 5.69 Å². The molecule has 3 aromatic rings. The summed E-state index contributed by atoms with van der Waals surface area (Å²) in [4.78, 5) is 3.85. The number of hydrogen-bond acceptors (Lipinski definition) is 3. The summed E-state index contributed by atoms with van der Waals surface area (Å²) in [6, 6.07) is 12.4. The molecular weight excluding hydrogens is 358 g/mol. The average Bonchev–Trinajstić information content (AvgIpc) is 3.20. The Bertz CT molecular complexity index is 1220. The number of fused-ring (bicyclic) bond motifs is 6. The fourth-order valence-corrected chi connectivity index (χ4v) is 5.87. The molecule has 1 aromatic heterocycles. The summed E-state index contributed by atoms with van der Waals surface area (Å²) in [5.74, 6) is 0. The molecular formula is C21H19N3O2S. The maximum atomic E-state index is 13.1. The van der Waals surface area contributed by atoms with Crippen molar-refractivity contribution < 1.29 is 8.42 Å². The van der Waals surface area contributed by atoms with E-state index in [1.807, 2.05) is 12.1 Å². The van der Waals surface area contributed by atoms with E-state index in [4.69, 9.17) is 6.57 Å². The van der Waals surface area contributed by atoms with Crippen molar-refractivity contribution in [1.29, 1.82) is 0 Å². The maximum Gasteiger partial charge on any atom is 0.206 e. The number of aryl methyl sites for hydroxylation is 1. The molecule has 2 aromatic carbocycles. The Kier molecular flexibility index (Phi) is 3.48. The lowest BCUT2D eigenvalue weighted by molar-refractivity contribution is 0.503. The lowest BCUT2D eigenvalue weighted by atomic mass is 9.99. The second-order valence-electron chi connectivity index (χ2n) is 7.41. The van der Waals surface area contributed by atoms with Gasteiger partial charge in [-0.1, -0.05) is 24.3 Å². The predicted octanol–water partition coefficient (Wildman–Crippen LogP) is 3.91. The highest BCUT2D eigenvalue weighted by Gasteiger charge is 2.36. The lowest BCUT2D eigenvalue weighted by Gasteiger charge is -2.23. The minimum absolute atomic E-state index is 0.220. The van der Waals surface area contributed by atoms with Crippen LogP contribution < -0.4 is 5.32 Å². The van der Waals surface area contributed by atoms with Crippen molar-refractivity contribution in [1.82, 2.24) is 9.88 Å². The Hall–Kier alpha value is -2.62. The van der Waals surface area contributed by atoms with Crippen molar-refractivity contribution in [3.63, 3.8) is 0 Å². The fourth-order valence-electron chi connectivity index (χ4n) is 4.58. The van der Waals surface area contributed by atoms with Crippen molar-refractivity contribution in [2.75, 3.05) is 0 Å². The predicted molar refractivity (Wildman–Crippen MR) is 104 cm³/mol. The second-order valence-corrected chi connectivity index (χ2v) is 9.35. The van der Waals surface area contributed by atoms with Gasteiger partial charge in [-0.3, -0.25) is 0 Å². The molecule has 136 valence electrons. The first-order valence-electron chi connectivity index (χ1n) is 9.09. The maximum absolute atomic E-state index is 13.1. The first kappa shape index (κ1) is 16.5. The highest BCUT2D eigenvalue weighted by Crippen LogP contribution is 2.42. The molecule has 1 saturated heterocycles. The largest absolute Gasteiger partial charge is 0.347 e. The number of aromatic nitrogens is 1. The van der Waals surface area contributed by atoms with Crippen LogP contribution in [0.15, 0.2) is 52.3 Å². The third kappa shape index (κ3) is 2.35. The minimum atomic E-state index is -3.62. The molecule has 3 heterocycles. The summed E-state index contributed by atoms with van der Waals surface area (Å²) < 4.78 is 28.4. The van der Waals surface area contributed by atoms with Gasteiger partial charge in [0.05, 0.1) is 16.4 Å². The zero-order valence-corrected chi connectivity index (χ0v) is 15.8. The van der Waals surface area contributed by atoms with Gasteiger partial charge in [0.25, 0.3) is 0 Å². The number of benzene rings is 2. The van der Waals surface area contributed by atoms with Gasteiger partial charge in [0.2, 0.25) is 9.84 Å². The lowest BCUT2D eigenvalue weighted by Crippen LogP contribution is -2.32. The summed E-state index contributed by atoms with van der Waals surface area (Å²) in [5.41, 5.74) is 4.11. The van der Waals surface area contributed by atoms with Crippen LogP contribution in [0, 0.1) is 6.57 Å². The highest BCUT2D eigenvalue weighted by atomic mass is 32.2. The van der Waals surface area contributed by atoms with Gasteiger partial charge >= 0.3 is 0 Å². The molecule has 2 aliphatic heterocycles. The molecule has 0 spiro atoms. The van der Waals surface area contributed by atoms with E-state index in [9.17, 15) is 8.42 Å². The van der Waals surface area contributed by atoms with Crippen molar-refractivity contribution in [3.05, 3.63) is 65.1 Å². The van der Waals surface area contributed by atoms with E-state index in [-0.39, 0.29) is 4.90 Å². The van der Waals surface area contributed by atoms with E-state index in [2.05, 4.69) is 21.8 Å². The molecule has 6 heteroatoms. The van der Waals surface area contributed by atoms with Gasteiger partial charge in [-0.05, 0) is 36.6 Å². The summed E-state index contributed by atoms with van der Waals surface area (Å²) >= 11 is 0. The van der Waals surface area contributed by atoms with Gasteiger partial charge in [-0.2, -0.15) is 0 Å². The Morgan fingerprint density at radius 1 is 1.11 bits per heavy atom. The van der Waals surface area contributed by atoms with Crippen LogP contribution in [0.3, 0.4) is 0 Å². The summed E-state index contributed by atoms with van der Waals surface area (Å²) in [7, 11) is -1.55. The summed E-state index contributed by atoms with van der Waals surface area (Å²) in [5, 5.41) is 4.70. The molecule has 1 N–H and O–H groups in total. The first-order chi connectivity index (χ1) is 13.0. The molecule has 0 radical (unpaired) electrons. The molecule has 2 aliphatic rings. The number of hydrogen-bond donors (Lipinski definition) is 1. The summed E-state index contributed by atoms with van der Waals surface area (Å²) in [6.45, 7) is 7.02. The molecule has 1 fully saturated rings. The minimum Gasteiger partial charge on any atom is -0.347 e. The molecule has 0 amide bonds. The molecule has 27 heavy (non-hydrogen) atoms. The SMILES string of the molecule is [C-]#[N+]c1ccc(S(=O)(=O)c2ccc3c(c2)c2c(n3C)CC3CCC2N3)cc1. The van der Waals surface area contributed by atoms with Gasteiger partial charge < -0.3 is 9.88 Å². The third-order valence-corrected chi connectivity index (χ3v) is 7.72. The van der Waals surface area contributed by atoms with Gasteiger partial charge in [-0.15, -0.1) is 0 Å². The standard InChI is InChI=1S/C21H19N3O2S/c1-22-13-3-6-15(7-4-13)27(25,26)16-8-10-19-17(12-16)21-18-9-5-14(23-18)11-20(21)24(19)2/h3-4,6-8,10,12,14,18,23H,5,9,11H2,2H3. The van der Waals surface area contributed by atoms with E-state index in [0.29, 0.717) is 22.7 Å². The quantitative estimate of drug-likeness (QED) is 0.689. The van der Waals surface area contributed by atoms with Crippen molar-refractivity contribution in [3.8, 4) is 0 Å². The van der Waals surface area contributed by atoms with E-state index in [1.54, 1.807) is 18.2 Å². The van der Waals surface area contributed by atoms with Crippen LogP contribution in [0.2, 0.25) is 0 Å². The Morgan fingerprint density at radius 2 is 1.85 bits per heavy atom. The number of nitrogens with one attached hydrogen (secondary N) is 1. The van der Waals surface area contributed by atoms with Crippen molar-refractivity contribution >= 4 is 26.4 Å². The Balaban J connectivity index is 1.68. The fraction of sp³-hybridized carbons (Fsp3) is 0.286. The molecule has 0 saturated carbocycles. The zero-order chi connectivity index (χ0) is 18.8. The van der Waals surface area contributed by atoms with Crippen LogP contribution in [0.5, 0.6) is 0 Å². The normalized spacial score (nSPS) is 21.2. The monoisotopic (exact) mass is 377 g/mol. The second kappa shape index (κ2) is 5.69. The van der Waals surface area contributed by atoms with Gasteiger partial charge in [0, 0.05) is 42.1 Å². The van der Waals surface area contributed by atoms with Crippen LogP contribution in [0.25, 0.3) is 15.7 Å². The topological polar surface area (TPSA) is 55.5 Å². The molecule has 5 nitrogen and oxygen atoms in total. The van der Waals surface area contributed by atoms with E-state index < -0.39 is 9.84 Å². The highest BCUT2D eigenvalue weighted by molar-refractivity contribution is 7.91. The first-order valence-corrected chi connectivity index (χ1v) is 10.6. The van der Waals surface area contributed by atoms with Crippen LogP contribution in [-0.4, -0.2) is 19.0 Å². The van der Waals surface area contributed by atoms with Crippen molar-refractivity contribution in [2.45, 2.75) is 41.1 Å². The molecule has 5 rings (SSSR count). The van der Waals surface area contributed by atoms with Crippen LogP contribution >= 0.6 is 0 Å². The van der Waals surface area contributed by atoms with E-state index >= 15 is 0 Å². The smallest absolute Gasteiger partial charge is 0.206 e. The average molecular weight is 377 g/mol. The van der Waals surface area contributed by atoms with Crippen LogP contribution in [-0.2, 0) is 23.3 Å². The molecule has 2 atom stereocenters. The Labute approximate surface area is 158 Å². The van der Waals surface area contributed by atoms with E-state index in [0.717, 1.165) is 23.7 Å². The van der Waals surface area contributed by atoms with E-state index in [1.165, 1.54) is 29.8 Å². The number of nitrogens with zero attached hydrogens (tertiary/aromatic N) is 2.